The first-order valence-corrected chi connectivity index (χ1v) is 6.13. The highest BCUT2D eigenvalue weighted by atomic mass is 16.5. The summed E-state index contributed by atoms with van der Waals surface area (Å²) in [5.74, 6) is 0.400. The Hall–Kier alpha value is -2.36. The van der Waals surface area contributed by atoms with Crippen molar-refractivity contribution in [3.8, 4) is 5.75 Å². The molecule has 98 valence electrons. The van der Waals surface area contributed by atoms with Gasteiger partial charge in [-0.05, 0) is 36.2 Å². The Balaban J connectivity index is 2.24. The van der Waals surface area contributed by atoms with Crippen LogP contribution in [0.5, 0.6) is 5.75 Å². The molecule has 0 fully saturated rings. The molecule has 4 nitrogen and oxygen atoms in total. The Labute approximate surface area is 112 Å². The molecule has 4 heteroatoms. The van der Waals surface area contributed by atoms with E-state index in [0.717, 1.165) is 12.0 Å². The summed E-state index contributed by atoms with van der Waals surface area (Å²) >= 11 is 0. The van der Waals surface area contributed by atoms with Crippen LogP contribution in [0.3, 0.4) is 0 Å². The molecule has 19 heavy (non-hydrogen) atoms. The second kappa shape index (κ2) is 6.00. The highest BCUT2D eigenvalue weighted by Crippen LogP contribution is 2.21. The number of aromatic nitrogens is 1. The van der Waals surface area contributed by atoms with E-state index in [-0.39, 0.29) is 5.91 Å². The predicted octanol–water partition coefficient (Wildman–Crippen LogP) is 2.90. The number of nitrogens with one attached hydrogen (secondary N) is 1. The van der Waals surface area contributed by atoms with Crippen LogP contribution in [0.4, 0.5) is 5.69 Å². The van der Waals surface area contributed by atoms with Gasteiger partial charge < -0.3 is 10.1 Å². The summed E-state index contributed by atoms with van der Waals surface area (Å²) in [4.78, 5) is 16.1. The Morgan fingerprint density at radius 1 is 1.26 bits per heavy atom. The van der Waals surface area contributed by atoms with Crippen molar-refractivity contribution >= 4 is 11.6 Å². The molecule has 0 aliphatic rings. The fraction of sp³-hybridized carbons (Fsp3) is 0.200. The Morgan fingerprint density at radius 2 is 2.00 bits per heavy atom. The van der Waals surface area contributed by atoms with Crippen molar-refractivity contribution in [2.45, 2.75) is 13.3 Å². The smallest absolute Gasteiger partial charge is 0.259 e. The van der Waals surface area contributed by atoms with E-state index in [1.165, 1.54) is 0 Å². The number of carbonyl (C=O) groups excluding carboxylic acids is 1. The van der Waals surface area contributed by atoms with Crippen molar-refractivity contribution in [2.24, 2.45) is 0 Å². The highest BCUT2D eigenvalue weighted by Gasteiger charge is 2.12. The number of amides is 1. The van der Waals surface area contributed by atoms with Gasteiger partial charge in [0.25, 0.3) is 5.91 Å². The number of pyridine rings is 1. The van der Waals surface area contributed by atoms with Crippen LogP contribution in [0.15, 0.2) is 42.7 Å². The molecule has 0 saturated heterocycles. The van der Waals surface area contributed by atoms with Crippen molar-refractivity contribution in [1.82, 2.24) is 4.98 Å². The Kier molecular flexibility index (Phi) is 4.13. The van der Waals surface area contributed by atoms with Crippen molar-refractivity contribution in [3.05, 3.63) is 53.9 Å². The number of nitrogens with zero attached hydrogens (tertiary/aromatic N) is 1. The van der Waals surface area contributed by atoms with E-state index in [2.05, 4.69) is 17.2 Å². The van der Waals surface area contributed by atoms with Crippen molar-refractivity contribution in [1.29, 1.82) is 0 Å². The van der Waals surface area contributed by atoms with Gasteiger partial charge in [-0.15, -0.1) is 0 Å². The van der Waals surface area contributed by atoms with E-state index in [1.807, 2.05) is 12.1 Å². The molecule has 0 unspecified atom stereocenters. The minimum atomic E-state index is -0.189. The van der Waals surface area contributed by atoms with E-state index in [4.69, 9.17) is 4.74 Å². The summed E-state index contributed by atoms with van der Waals surface area (Å²) in [6.07, 6.45) is 4.17. The first-order valence-electron chi connectivity index (χ1n) is 6.13. The molecule has 1 heterocycles. The number of aryl methyl sites for hydroxylation is 1. The maximum atomic E-state index is 12.2. The third kappa shape index (κ3) is 3.10. The molecule has 0 spiro atoms. The summed E-state index contributed by atoms with van der Waals surface area (Å²) in [5.41, 5.74) is 2.37. The van der Waals surface area contributed by atoms with Gasteiger partial charge in [-0.25, -0.2) is 0 Å². The summed E-state index contributed by atoms with van der Waals surface area (Å²) < 4.78 is 5.27. The molecule has 0 aliphatic carbocycles. The van der Waals surface area contributed by atoms with Gasteiger partial charge in [0.05, 0.1) is 12.7 Å². The molecular weight excluding hydrogens is 240 g/mol. The molecule has 2 rings (SSSR count). The van der Waals surface area contributed by atoms with Crippen LogP contribution in [0.1, 0.15) is 22.8 Å². The van der Waals surface area contributed by atoms with Gasteiger partial charge in [0.15, 0.2) is 0 Å². The summed E-state index contributed by atoms with van der Waals surface area (Å²) in [6.45, 7) is 2.06. The molecule has 1 amide bonds. The second-order valence-corrected chi connectivity index (χ2v) is 4.08. The maximum absolute atomic E-state index is 12.2. The fourth-order valence-electron chi connectivity index (χ4n) is 1.78. The van der Waals surface area contributed by atoms with E-state index >= 15 is 0 Å². The molecule has 0 aliphatic heterocycles. The predicted molar refractivity (Wildman–Crippen MR) is 74.6 cm³/mol. The Bertz CT molecular complexity index is 568. The molecule has 1 aromatic heterocycles. The zero-order valence-corrected chi connectivity index (χ0v) is 11.0. The molecule has 0 atom stereocenters. The standard InChI is InChI=1S/C15H16N2O2/c1-3-11-4-5-13(14(10-11)19-2)15(18)17-12-6-8-16-9-7-12/h4-10H,3H2,1-2H3,(H,16,17,18). The second-order valence-electron chi connectivity index (χ2n) is 4.08. The quantitative estimate of drug-likeness (QED) is 0.915. The molecule has 0 saturated carbocycles. The maximum Gasteiger partial charge on any atom is 0.259 e. The monoisotopic (exact) mass is 256 g/mol. The lowest BCUT2D eigenvalue weighted by Gasteiger charge is -2.10. The number of ether oxygens (including phenoxy) is 1. The molecular formula is C15H16N2O2. The van der Waals surface area contributed by atoms with Crippen molar-refractivity contribution in [3.63, 3.8) is 0 Å². The minimum absolute atomic E-state index is 0.189. The number of rotatable bonds is 4. The average molecular weight is 256 g/mol. The number of anilines is 1. The van der Waals surface area contributed by atoms with Crippen molar-refractivity contribution < 1.29 is 9.53 Å². The first kappa shape index (κ1) is 13.1. The van der Waals surface area contributed by atoms with Crippen LogP contribution in [0.25, 0.3) is 0 Å². The topological polar surface area (TPSA) is 51.2 Å². The molecule has 0 radical (unpaired) electrons. The first-order chi connectivity index (χ1) is 9.24. The van der Waals surface area contributed by atoms with Gasteiger partial charge in [0.2, 0.25) is 0 Å². The summed E-state index contributed by atoms with van der Waals surface area (Å²) in [7, 11) is 1.57. The van der Waals surface area contributed by atoms with E-state index < -0.39 is 0 Å². The van der Waals surface area contributed by atoms with Gasteiger partial charge >= 0.3 is 0 Å². The largest absolute Gasteiger partial charge is 0.496 e. The molecule has 1 aromatic carbocycles. The van der Waals surface area contributed by atoms with E-state index in [9.17, 15) is 4.79 Å². The van der Waals surface area contributed by atoms with Gasteiger partial charge in [0, 0.05) is 18.1 Å². The fourth-order valence-corrected chi connectivity index (χ4v) is 1.78. The highest BCUT2D eigenvalue weighted by molar-refractivity contribution is 6.06. The van der Waals surface area contributed by atoms with Crippen LogP contribution in [0.2, 0.25) is 0 Å². The zero-order chi connectivity index (χ0) is 13.7. The van der Waals surface area contributed by atoms with E-state index in [1.54, 1.807) is 37.7 Å². The minimum Gasteiger partial charge on any atom is -0.496 e. The van der Waals surface area contributed by atoms with Crippen molar-refractivity contribution in [2.75, 3.05) is 12.4 Å². The lowest BCUT2D eigenvalue weighted by atomic mass is 10.1. The number of hydrogen-bond donors (Lipinski definition) is 1. The Morgan fingerprint density at radius 3 is 2.63 bits per heavy atom. The van der Waals surface area contributed by atoms with Crippen LogP contribution in [-0.4, -0.2) is 18.0 Å². The van der Waals surface area contributed by atoms with Gasteiger partial charge in [-0.1, -0.05) is 13.0 Å². The van der Waals surface area contributed by atoms with Crippen LogP contribution < -0.4 is 10.1 Å². The van der Waals surface area contributed by atoms with Crippen LogP contribution >= 0.6 is 0 Å². The van der Waals surface area contributed by atoms with Gasteiger partial charge in [-0.3, -0.25) is 9.78 Å². The zero-order valence-electron chi connectivity index (χ0n) is 11.0. The molecule has 1 N–H and O–H groups in total. The van der Waals surface area contributed by atoms with Gasteiger partial charge in [0.1, 0.15) is 5.75 Å². The molecule has 0 bridgehead atoms. The van der Waals surface area contributed by atoms with E-state index in [0.29, 0.717) is 17.0 Å². The van der Waals surface area contributed by atoms with Gasteiger partial charge in [-0.2, -0.15) is 0 Å². The molecule has 2 aromatic rings. The third-order valence-electron chi connectivity index (χ3n) is 2.86. The number of carbonyl (C=O) groups is 1. The third-order valence-corrected chi connectivity index (χ3v) is 2.86. The lowest BCUT2D eigenvalue weighted by molar-refractivity contribution is 0.102. The SMILES string of the molecule is CCc1ccc(C(=O)Nc2ccncc2)c(OC)c1. The normalized spacial score (nSPS) is 10.0. The number of benzene rings is 1. The summed E-state index contributed by atoms with van der Waals surface area (Å²) in [6, 6.07) is 9.09. The summed E-state index contributed by atoms with van der Waals surface area (Å²) in [5, 5.41) is 2.81. The lowest BCUT2D eigenvalue weighted by Crippen LogP contribution is -2.13. The van der Waals surface area contributed by atoms with Crippen LogP contribution in [-0.2, 0) is 6.42 Å². The average Bonchev–Trinajstić information content (AvgIpc) is 2.47. The number of hydrogen-bond acceptors (Lipinski definition) is 3. The number of methoxy groups -OCH3 is 1. The van der Waals surface area contributed by atoms with Crippen LogP contribution in [0, 0.1) is 0 Å².